The fraction of sp³-hybridized carbons (Fsp3) is 0.0385. The Morgan fingerprint density at radius 3 is 2.33 bits per heavy atom. The van der Waals surface area contributed by atoms with E-state index in [1.807, 2.05) is 60.7 Å². The fourth-order valence-corrected chi connectivity index (χ4v) is 4.67. The van der Waals surface area contributed by atoms with E-state index in [-0.39, 0.29) is 11.5 Å². The van der Waals surface area contributed by atoms with E-state index in [0.29, 0.717) is 16.2 Å². The standard InChI is InChI=1S/C26H16ClNO2/c27-17-12-9-16(10-13-17)22-23-18-6-2-1-5-15(18)11-14-20(23)28-25-19-7-3-4-8-21(19)30-26(29)24(22)25/h1-14,22,28H/t22-/m0/s1. The molecule has 144 valence electrons. The van der Waals surface area contributed by atoms with Crippen LogP contribution in [-0.2, 0) is 0 Å². The minimum absolute atomic E-state index is 0.263. The predicted molar refractivity (Wildman–Crippen MR) is 122 cm³/mol. The van der Waals surface area contributed by atoms with Crippen molar-refractivity contribution in [1.29, 1.82) is 0 Å². The molecule has 4 heteroatoms. The first kappa shape index (κ1) is 17.3. The van der Waals surface area contributed by atoms with Crippen LogP contribution in [0.3, 0.4) is 0 Å². The van der Waals surface area contributed by atoms with Gasteiger partial charge in [-0.1, -0.05) is 66.2 Å². The van der Waals surface area contributed by atoms with Crippen molar-refractivity contribution in [2.75, 3.05) is 5.32 Å². The molecule has 3 nitrogen and oxygen atoms in total. The smallest absolute Gasteiger partial charge is 0.342 e. The summed E-state index contributed by atoms with van der Waals surface area (Å²) in [5.41, 5.74) is 4.76. The second-order valence-electron chi connectivity index (χ2n) is 7.53. The van der Waals surface area contributed by atoms with E-state index < -0.39 is 0 Å². The Morgan fingerprint density at radius 2 is 1.50 bits per heavy atom. The van der Waals surface area contributed by atoms with Gasteiger partial charge in [0.2, 0.25) is 0 Å². The Bertz CT molecular complexity index is 1500. The Hall–Kier alpha value is -3.56. The van der Waals surface area contributed by atoms with Crippen LogP contribution in [0.1, 0.15) is 22.6 Å². The second-order valence-corrected chi connectivity index (χ2v) is 7.97. The Labute approximate surface area is 177 Å². The first-order valence-corrected chi connectivity index (χ1v) is 10.2. The molecule has 5 aromatic rings. The molecule has 4 aromatic carbocycles. The van der Waals surface area contributed by atoms with Gasteiger partial charge in [0.15, 0.2) is 0 Å². The van der Waals surface area contributed by atoms with Gasteiger partial charge in [0.25, 0.3) is 0 Å². The lowest BCUT2D eigenvalue weighted by atomic mass is 9.79. The van der Waals surface area contributed by atoms with E-state index in [1.165, 1.54) is 0 Å². The molecule has 0 saturated heterocycles. The average molecular weight is 410 g/mol. The van der Waals surface area contributed by atoms with Gasteiger partial charge in [-0.15, -0.1) is 0 Å². The monoisotopic (exact) mass is 409 g/mol. The van der Waals surface area contributed by atoms with Crippen molar-refractivity contribution in [1.82, 2.24) is 0 Å². The third-order valence-electron chi connectivity index (χ3n) is 5.86. The number of hydrogen-bond donors (Lipinski definition) is 1. The van der Waals surface area contributed by atoms with E-state index in [9.17, 15) is 4.79 Å². The lowest BCUT2D eigenvalue weighted by Gasteiger charge is -2.30. The zero-order valence-electron chi connectivity index (χ0n) is 15.9. The molecule has 1 atom stereocenters. The van der Waals surface area contributed by atoms with Crippen molar-refractivity contribution in [3.63, 3.8) is 0 Å². The third kappa shape index (κ3) is 2.49. The zero-order chi connectivity index (χ0) is 20.2. The van der Waals surface area contributed by atoms with Crippen molar-refractivity contribution in [2.45, 2.75) is 5.92 Å². The second kappa shape index (κ2) is 6.48. The summed E-state index contributed by atoms with van der Waals surface area (Å²) in [7, 11) is 0. The largest absolute Gasteiger partial charge is 0.422 e. The van der Waals surface area contributed by atoms with Gasteiger partial charge in [0.05, 0.1) is 11.3 Å². The number of nitrogens with one attached hydrogen (secondary N) is 1. The Balaban J connectivity index is 1.76. The Morgan fingerprint density at radius 1 is 0.767 bits per heavy atom. The molecule has 0 saturated carbocycles. The minimum Gasteiger partial charge on any atom is -0.422 e. The van der Waals surface area contributed by atoms with Gasteiger partial charge in [0, 0.05) is 22.0 Å². The van der Waals surface area contributed by atoms with Gasteiger partial charge in [-0.25, -0.2) is 4.79 Å². The maximum absolute atomic E-state index is 13.2. The first-order chi connectivity index (χ1) is 14.7. The quantitative estimate of drug-likeness (QED) is 0.302. The fourth-order valence-electron chi connectivity index (χ4n) is 4.54. The SMILES string of the molecule is O=c1oc2ccccc2c2c1[C@@H](c1ccc(Cl)cc1)c1c(ccc3ccccc13)N2. The topological polar surface area (TPSA) is 42.2 Å². The van der Waals surface area contributed by atoms with Gasteiger partial charge in [0.1, 0.15) is 5.58 Å². The number of hydrogen-bond acceptors (Lipinski definition) is 3. The summed E-state index contributed by atoms with van der Waals surface area (Å²) in [5, 5.41) is 7.34. The van der Waals surface area contributed by atoms with Crippen LogP contribution >= 0.6 is 11.6 Å². The highest BCUT2D eigenvalue weighted by atomic mass is 35.5. The summed E-state index contributed by atoms with van der Waals surface area (Å²) in [6, 6.07) is 27.8. The number of rotatable bonds is 1. The molecule has 0 amide bonds. The lowest BCUT2D eigenvalue weighted by molar-refractivity contribution is 0.549. The molecule has 1 aliphatic rings. The van der Waals surface area contributed by atoms with Gasteiger partial charge in [-0.2, -0.15) is 0 Å². The Kier molecular flexibility index (Phi) is 3.74. The molecular formula is C26H16ClNO2. The summed E-state index contributed by atoms with van der Waals surface area (Å²) < 4.78 is 5.74. The van der Waals surface area contributed by atoms with Crippen LogP contribution in [0.25, 0.3) is 21.7 Å². The highest BCUT2D eigenvalue weighted by Gasteiger charge is 2.33. The van der Waals surface area contributed by atoms with E-state index in [0.717, 1.165) is 38.7 Å². The van der Waals surface area contributed by atoms with Crippen molar-refractivity contribution >= 4 is 44.7 Å². The zero-order valence-corrected chi connectivity index (χ0v) is 16.6. The normalized spacial score (nSPS) is 14.9. The molecular weight excluding hydrogens is 394 g/mol. The first-order valence-electron chi connectivity index (χ1n) is 9.80. The molecule has 0 radical (unpaired) electrons. The average Bonchev–Trinajstić information content (AvgIpc) is 2.78. The van der Waals surface area contributed by atoms with E-state index in [1.54, 1.807) is 0 Å². The number of anilines is 2. The molecule has 6 rings (SSSR count). The molecule has 1 N–H and O–H groups in total. The van der Waals surface area contributed by atoms with Crippen LogP contribution < -0.4 is 10.9 Å². The highest BCUT2D eigenvalue weighted by molar-refractivity contribution is 6.30. The summed E-state index contributed by atoms with van der Waals surface area (Å²) >= 11 is 6.16. The van der Waals surface area contributed by atoms with E-state index >= 15 is 0 Å². The molecule has 0 fully saturated rings. The summed E-state index contributed by atoms with van der Waals surface area (Å²) in [6.45, 7) is 0. The van der Waals surface area contributed by atoms with Crippen molar-refractivity contribution in [2.24, 2.45) is 0 Å². The molecule has 0 unspecified atom stereocenters. The van der Waals surface area contributed by atoms with Gasteiger partial charge in [-0.05, 0) is 52.2 Å². The van der Waals surface area contributed by atoms with Crippen LogP contribution in [0.5, 0.6) is 0 Å². The van der Waals surface area contributed by atoms with Crippen LogP contribution in [-0.4, -0.2) is 0 Å². The summed E-state index contributed by atoms with van der Waals surface area (Å²) in [5.74, 6) is -0.263. The molecule has 1 aromatic heterocycles. The molecule has 2 heterocycles. The van der Waals surface area contributed by atoms with Crippen molar-refractivity contribution in [3.05, 3.63) is 117 Å². The third-order valence-corrected chi connectivity index (χ3v) is 6.11. The molecule has 1 aliphatic heterocycles. The summed E-state index contributed by atoms with van der Waals surface area (Å²) in [4.78, 5) is 13.2. The number of para-hydroxylation sites is 1. The highest BCUT2D eigenvalue weighted by Crippen LogP contribution is 2.48. The molecule has 0 aliphatic carbocycles. The van der Waals surface area contributed by atoms with Crippen molar-refractivity contribution in [3.8, 4) is 0 Å². The molecule has 0 bridgehead atoms. The minimum atomic E-state index is -0.324. The maximum atomic E-state index is 13.2. The van der Waals surface area contributed by atoms with Crippen LogP contribution in [0.4, 0.5) is 11.4 Å². The molecule has 30 heavy (non-hydrogen) atoms. The summed E-state index contributed by atoms with van der Waals surface area (Å²) in [6.07, 6.45) is 0. The van der Waals surface area contributed by atoms with Gasteiger partial charge < -0.3 is 9.73 Å². The van der Waals surface area contributed by atoms with Gasteiger partial charge in [-0.3, -0.25) is 0 Å². The van der Waals surface area contributed by atoms with Crippen LogP contribution in [0.15, 0.2) is 94.1 Å². The van der Waals surface area contributed by atoms with Gasteiger partial charge >= 0.3 is 5.63 Å². The number of fused-ring (bicyclic) bond motifs is 6. The predicted octanol–water partition coefficient (Wildman–Crippen LogP) is 6.84. The molecule has 0 spiro atoms. The number of benzene rings is 4. The number of halogens is 1. The van der Waals surface area contributed by atoms with Crippen LogP contribution in [0, 0.1) is 0 Å². The van der Waals surface area contributed by atoms with E-state index in [4.69, 9.17) is 16.0 Å². The van der Waals surface area contributed by atoms with E-state index in [2.05, 4.69) is 29.6 Å². The van der Waals surface area contributed by atoms with Crippen LogP contribution in [0.2, 0.25) is 5.02 Å². The van der Waals surface area contributed by atoms with Crippen molar-refractivity contribution < 1.29 is 4.42 Å². The lowest BCUT2D eigenvalue weighted by Crippen LogP contribution is -2.22. The maximum Gasteiger partial charge on any atom is 0.342 e.